The molecule has 0 amide bonds. The summed E-state index contributed by atoms with van der Waals surface area (Å²) in [6.45, 7) is 2.08. The molecule has 0 radical (unpaired) electrons. The second-order valence-corrected chi connectivity index (χ2v) is 5.67. The van der Waals surface area contributed by atoms with Gasteiger partial charge in [-0.3, -0.25) is 0 Å². The first-order valence-electron chi connectivity index (χ1n) is 6.06. The zero-order valence-corrected chi connectivity index (χ0v) is 12.8. The maximum atomic E-state index is 13.3. The van der Waals surface area contributed by atoms with Gasteiger partial charge in [-0.2, -0.15) is 0 Å². The Bertz CT molecular complexity index is 536. The lowest BCUT2D eigenvalue weighted by atomic mass is 10.0. The van der Waals surface area contributed by atoms with Gasteiger partial charge in [-0.25, -0.2) is 4.39 Å². The van der Waals surface area contributed by atoms with E-state index in [1.54, 1.807) is 6.07 Å². The molecule has 0 aromatic heterocycles. The van der Waals surface area contributed by atoms with E-state index >= 15 is 0 Å². The zero-order chi connectivity index (χ0) is 13.8. The highest BCUT2D eigenvalue weighted by Crippen LogP contribution is 2.26. The minimum atomic E-state index is -0.333. The molecule has 1 unspecified atom stereocenters. The van der Waals surface area contributed by atoms with Crippen molar-refractivity contribution in [1.29, 1.82) is 0 Å². The monoisotopic (exact) mass is 341 g/mol. The van der Waals surface area contributed by atoms with E-state index in [9.17, 15) is 4.39 Å². The van der Waals surface area contributed by atoms with Crippen molar-refractivity contribution in [2.24, 2.45) is 0 Å². The van der Waals surface area contributed by atoms with Crippen molar-refractivity contribution in [3.05, 3.63) is 63.3 Å². The van der Waals surface area contributed by atoms with Gasteiger partial charge in [-0.05, 0) is 42.3 Å². The van der Waals surface area contributed by atoms with E-state index in [1.165, 1.54) is 12.1 Å². The Morgan fingerprint density at radius 3 is 2.47 bits per heavy atom. The second-order valence-electron chi connectivity index (χ2n) is 4.31. The highest BCUT2D eigenvalue weighted by molar-refractivity contribution is 9.10. The molecule has 0 saturated heterocycles. The average Bonchev–Trinajstić information content (AvgIpc) is 2.36. The summed E-state index contributed by atoms with van der Waals surface area (Å²) in [5, 5.41) is 3.70. The largest absolute Gasteiger partial charge is 0.378 e. The SMILES string of the molecule is CCC(Nc1cc(F)cc(Cl)c1)c1ccc(Br)cc1. The molecule has 19 heavy (non-hydrogen) atoms. The van der Waals surface area contributed by atoms with Crippen LogP contribution in [0.1, 0.15) is 24.9 Å². The minimum absolute atomic E-state index is 0.131. The highest BCUT2D eigenvalue weighted by atomic mass is 79.9. The second kappa shape index (κ2) is 6.40. The van der Waals surface area contributed by atoms with E-state index in [0.29, 0.717) is 10.7 Å². The predicted molar refractivity (Wildman–Crippen MR) is 82.2 cm³/mol. The number of hydrogen-bond acceptors (Lipinski definition) is 1. The van der Waals surface area contributed by atoms with Gasteiger partial charge in [0, 0.05) is 15.2 Å². The van der Waals surface area contributed by atoms with Gasteiger partial charge < -0.3 is 5.32 Å². The third-order valence-corrected chi connectivity index (χ3v) is 3.63. The molecule has 1 N–H and O–H groups in total. The zero-order valence-electron chi connectivity index (χ0n) is 10.5. The molecule has 0 aliphatic carbocycles. The summed E-state index contributed by atoms with van der Waals surface area (Å²) in [5.41, 5.74) is 1.85. The summed E-state index contributed by atoms with van der Waals surface area (Å²) in [7, 11) is 0. The van der Waals surface area contributed by atoms with Gasteiger partial charge in [0.15, 0.2) is 0 Å². The smallest absolute Gasteiger partial charge is 0.126 e. The molecule has 1 nitrogen and oxygen atoms in total. The Labute approximate surface area is 125 Å². The first-order valence-corrected chi connectivity index (χ1v) is 7.23. The summed E-state index contributed by atoms with van der Waals surface area (Å²) in [6, 6.07) is 12.7. The fourth-order valence-electron chi connectivity index (χ4n) is 1.95. The van der Waals surface area contributed by atoms with Crippen LogP contribution in [0.4, 0.5) is 10.1 Å². The van der Waals surface area contributed by atoms with Crippen molar-refractivity contribution >= 4 is 33.2 Å². The van der Waals surface area contributed by atoms with Crippen molar-refractivity contribution in [3.8, 4) is 0 Å². The number of anilines is 1. The van der Waals surface area contributed by atoms with Gasteiger partial charge in [0.1, 0.15) is 5.82 Å². The van der Waals surface area contributed by atoms with Crippen molar-refractivity contribution in [3.63, 3.8) is 0 Å². The summed E-state index contributed by atoms with van der Waals surface area (Å²) >= 11 is 9.27. The number of benzene rings is 2. The normalized spacial score (nSPS) is 12.2. The standard InChI is InChI=1S/C15H14BrClFN/c1-2-15(10-3-5-11(16)6-4-10)19-14-8-12(17)7-13(18)9-14/h3-9,15,19H,2H2,1H3. The van der Waals surface area contributed by atoms with Crippen LogP contribution in [0.2, 0.25) is 5.02 Å². The molecule has 4 heteroatoms. The Kier molecular flexibility index (Phi) is 4.83. The number of rotatable bonds is 4. The molecule has 2 aromatic carbocycles. The van der Waals surface area contributed by atoms with Gasteiger partial charge in [0.2, 0.25) is 0 Å². The maximum absolute atomic E-state index is 13.3. The van der Waals surface area contributed by atoms with Crippen LogP contribution in [0.15, 0.2) is 46.9 Å². The molecule has 1 atom stereocenters. The maximum Gasteiger partial charge on any atom is 0.126 e. The minimum Gasteiger partial charge on any atom is -0.378 e. The summed E-state index contributed by atoms with van der Waals surface area (Å²) in [6.07, 6.45) is 0.899. The van der Waals surface area contributed by atoms with Crippen LogP contribution in [-0.4, -0.2) is 0 Å². The van der Waals surface area contributed by atoms with Crippen molar-refractivity contribution in [2.45, 2.75) is 19.4 Å². The lowest BCUT2D eigenvalue weighted by Crippen LogP contribution is -2.09. The predicted octanol–water partition coefficient (Wildman–Crippen LogP) is 5.80. The van der Waals surface area contributed by atoms with Crippen molar-refractivity contribution in [1.82, 2.24) is 0 Å². The summed E-state index contributed by atoms with van der Waals surface area (Å²) in [5.74, 6) is -0.333. The van der Waals surface area contributed by atoms with Crippen LogP contribution in [0.25, 0.3) is 0 Å². The van der Waals surface area contributed by atoms with Crippen molar-refractivity contribution in [2.75, 3.05) is 5.32 Å². The van der Waals surface area contributed by atoms with E-state index < -0.39 is 0 Å². The first kappa shape index (κ1) is 14.4. The molecule has 0 aliphatic heterocycles. The van der Waals surface area contributed by atoms with Crippen LogP contribution >= 0.6 is 27.5 Å². The molecule has 2 aromatic rings. The van der Waals surface area contributed by atoms with E-state index in [-0.39, 0.29) is 11.9 Å². The molecule has 0 bridgehead atoms. The molecular weight excluding hydrogens is 329 g/mol. The summed E-state index contributed by atoms with van der Waals surface area (Å²) in [4.78, 5) is 0. The lowest BCUT2D eigenvalue weighted by molar-refractivity contribution is 0.627. The molecule has 0 spiro atoms. The van der Waals surface area contributed by atoms with Gasteiger partial charge in [-0.15, -0.1) is 0 Å². The van der Waals surface area contributed by atoms with E-state index in [1.807, 2.05) is 24.3 Å². The van der Waals surface area contributed by atoms with Gasteiger partial charge in [-0.1, -0.05) is 46.6 Å². The van der Waals surface area contributed by atoms with Gasteiger partial charge in [0.05, 0.1) is 6.04 Å². The van der Waals surface area contributed by atoms with Crippen LogP contribution in [-0.2, 0) is 0 Å². The Morgan fingerprint density at radius 1 is 1.21 bits per heavy atom. The van der Waals surface area contributed by atoms with E-state index in [4.69, 9.17) is 11.6 Å². The van der Waals surface area contributed by atoms with E-state index in [2.05, 4.69) is 28.2 Å². The molecule has 0 heterocycles. The quantitative estimate of drug-likeness (QED) is 0.740. The van der Waals surface area contributed by atoms with E-state index in [0.717, 1.165) is 16.5 Å². The number of nitrogens with one attached hydrogen (secondary N) is 1. The number of halogens is 3. The first-order chi connectivity index (χ1) is 9.08. The molecule has 0 aliphatic rings. The fourth-order valence-corrected chi connectivity index (χ4v) is 2.44. The molecule has 0 saturated carbocycles. The van der Waals surface area contributed by atoms with Gasteiger partial charge in [0.25, 0.3) is 0 Å². The lowest BCUT2D eigenvalue weighted by Gasteiger charge is -2.19. The van der Waals surface area contributed by atoms with Crippen LogP contribution in [0.3, 0.4) is 0 Å². The Hall–Kier alpha value is -1.06. The third kappa shape index (κ3) is 3.95. The van der Waals surface area contributed by atoms with Crippen LogP contribution < -0.4 is 5.32 Å². The fraction of sp³-hybridized carbons (Fsp3) is 0.200. The summed E-state index contributed by atoms with van der Waals surface area (Å²) < 4.78 is 14.3. The molecule has 100 valence electrons. The molecular formula is C15H14BrClFN. The third-order valence-electron chi connectivity index (χ3n) is 2.88. The Morgan fingerprint density at radius 2 is 1.89 bits per heavy atom. The topological polar surface area (TPSA) is 12.0 Å². The highest BCUT2D eigenvalue weighted by Gasteiger charge is 2.10. The molecule has 2 rings (SSSR count). The number of hydrogen-bond donors (Lipinski definition) is 1. The van der Waals surface area contributed by atoms with Crippen LogP contribution in [0.5, 0.6) is 0 Å². The van der Waals surface area contributed by atoms with Crippen LogP contribution in [0, 0.1) is 5.82 Å². The Balaban J connectivity index is 2.21. The molecule has 0 fully saturated rings. The average molecular weight is 343 g/mol. The van der Waals surface area contributed by atoms with Gasteiger partial charge >= 0.3 is 0 Å². The van der Waals surface area contributed by atoms with Crippen molar-refractivity contribution < 1.29 is 4.39 Å².